The Hall–Kier alpha value is 0.348. The Morgan fingerprint density at radius 3 is 1.87 bits per heavy atom. The summed E-state index contributed by atoms with van der Waals surface area (Å²) in [6, 6.07) is 0. The standard InChI is InChI=1S/C10H18BO2.CH3.Zn/c1-6-7-8-11-12-9(2,3)10(4,5)13-11;;/h7H,6H2,1-5H3;1H3;/q2*-1;+2. The Bertz CT molecular complexity index is 199. The van der Waals surface area contributed by atoms with E-state index < -0.39 is 0 Å². The molecule has 0 atom stereocenters. The first-order chi connectivity index (χ1) is 5.89. The van der Waals surface area contributed by atoms with Crippen LogP contribution in [0.15, 0.2) is 6.08 Å². The SMILES string of the molecule is CCC=[C-]B1OC(C)(C)C(C)(C)O1.[CH3-].[Zn+2]. The maximum Gasteiger partial charge on any atom is 2.00 e. The van der Waals surface area contributed by atoms with Crippen LogP contribution in [0.3, 0.4) is 0 Å². The van der Waals surface area contributed by atoms with Crippen LogP contribution in [-0.2, 0) is 28.8 Å². The van der Waals surface area contributed by atoms with Crippen LogP contribution in [0.2, 0.25) is 0 Å². The van der Waals surface area contributed by atoms with Crippen molar-refractivity contribution in [1.82, 2.24) is 0 Å². The van der Waals surface area contributed by atoms with Gasteiger partial charge in [-0.2, -0.15) is 0 Å². The molecule has 0 aromatic carbocycles. The number of hydrogen-bond acceptors (Lipinski definition) is 2. The monoisotopic (exact) mass is 260 g/mol. The molecule has 1 aliphatic heterocycles. The van der Waals surface area contributed by atoms with Crippen molar-refractivity contribution >= 4 is 7.12 Å². The van der Waals surface area contributed by atoms with Crippen molar-refractivity contribution in [2.24, 2.45) is 0 Å². The molecular weight excluding hydrogens is 240 g/mol. The van der Waals surface area contributed by atoms with Crippen LogP contribution < -0.4 is 0 Å². The van der Waals surface area contributed by atoms with Crippen molar-refractivity contribution in [2.75, 3.05) is 0 Å². The van der Waals surface area contributed by atoms with E-state index in [1.54, 1.807) is 0 Å². The normalized spacial score (nSPS) is 22.3. The zero-order valence-electron chi connectivity index (χ0n) is 10.9. The van der Waals surface area contributed by atoms with E-state index in [2.05, 4.69) is 12.9 Å². The third-order valence-electron chi connectivity index (χ3n) is 2.71. The summed E-state index contributed by atoms with van der Waals surface area (Å²) >= 11 is 0. The molecule has 1 saturated heterocycles. The van der Waals surface area contributed by atoms with Crippen LogP contribution in [-0.4, -0.2) is 18.3 Å². The fourth-order valence-electron chi connectivity index (χ4n) is 1.13. The van der Waals surface area contributed by atoms with Crippen LogP contribution in [0, 0.1) is 13.4 Å². The summed E-state index contributed by atoms with van der Waals surface area (Å²) in [5.41, 5.74) is -0.488. The molecule has 0 saturated carbocycles. The molecule has 4 heteroatoms. The molecule has 82 valence electrons. The van der Waals surface area contributed by atoms with Crippen LogP contribution >= 0.6 is 0 Å². The van der Waals surface area contributed by atoms with Gasteiger partial charge in [-0.15, -0.1) is 0 Å². The molecular formula is C11H21BO2Zn. The van der Waals surface area contributed by atoms with Crippen molar-refractivity contribution in [1.29, 1.82) is 0 Å². The molecule has 0 radical (unpaired) electrons. The van der Waals surface area contributed by atoms with Gasteiger partial charge in [-0.05, 0) is 27.7 Å². The third kappa shape index (κ3) is 4.01. The molecule has 0 bridgehead atoms. The second-order valence-electron chi connectivity index (χ2n) is 4.37. The number of allylic oxidation sites excluding steroid dienone is 1. The van der Waals surface area contributed by atoms with Crippen molar-refractivity contribution in [3.05, 3.63) is 19.5 Å². The van der Waals surface area contributed by atoms with Gasteiger partial charge in [0, 0.05) is 0 Å². The van der Waals surface area contributed by atoms with Gasteiger partial charge >= 0.3 is 19.5 Å². The van der Waals surface area contributed by atoms with Crippen LogP contribution in [0.25, 0.3) is 0 Å². The summed E-state index contributed by atoms with van der Waals surface area (Å²) in [7, 11) is -0.301. The fourth-order valence-corrected chi connectivity index (χ4v) is 1.13. The van der Waals surface area contributed by atoms with Crippen molar-refractivity contribution in [3.8, 4) is 0 Å². The maximum atomic E-state index is 5.70. The van der Waals surface area contributed by atoms with Gasteiger partial charge in [-0.25, -0.2) is 0 Å². The minimum absolute atomic E-state index is 0. The molecule has 0 aromatic rings. The smallest absolute Gasteiger partial charge is 0.466 e. The summed E-state index contributed by atoms with van der Waals surface area (Å²) in [5, 5.41) is 0. The molecule has 1 fully saturated rings. The van der Waals surface area contributed by atoms with Crippen LogP contribution in [0.1, 0.15) is 41.0 Å². The molecule has 1 rings (SSSR count). The van der Waals surface area contributed by atoms with E-state index >= 15 is 0 Å². The maximum absolute atomic E-state index is 5.70. The fraction of sp³-hybridized carbons (Fsp3) is 0.727. The first kappa shape index (κ1) is 17.7. The Morgan fingerprint density at radius 1 is 1.13 bits per heavy atom. The van der Waals surface area contributed by atoms with Gasteiger partial charge in [-0.1, -0.05) is 13.3 Å². The Kier molecular flexibility index (Phi) is 7.30. The van der Waals surface area contributed by atoms with Crippen molar-refractivity contribution in [2.45, 2.75) is 52.2 Å². The Labute approximate surface area is 108 Å². The average molecular weight is 261 g/mol. The predicted molar refractivity (Wildman–Crippen MR) is 60.6 cm³/mol. The summed E-state index contributed by atoms with van der Waals surface area (Å²) in [6.45, 7) is 10.2. The molecule has 0 aliphatic carbocycles. The Morgan fingerprint density at radius 2 is 1.53 bits per heavy atom. The first-order valence-corrected chi connectivity index (χ1v) is 4.82. The van der Waals surface area contributed by atoms with E-state index in [4.69, 9.17) is 9.31 Å². The van der Waals surface area contributed by atoms with Gasteiger partial charge in [0.1, 0.15) is 0 Å². The van der Waals surface area contributed by atoms with E-state index in [9.17, 15) is 0 Å². The van der Waals surface area contributed by atoms with Gasteiger partial charge in [0.05, 0.1) is 11.2 Å². The average Bonchev–Trinajstić information content (AvgIpc) is 2.17. The zero-order chi connectivity index (χ0) is 10.1. The third-order valence-corrected chi connectivity index (χ3v) is 2.71. The van der Waals surface area contributed by atoms with E-state index in [0.717, 1.165) is 6.42 Å². The predicted octanol–water partition coefficient (Wildman–Crippen LogP) is 2.83. The quantitative estimate of drug-likeness (QED) is 0.562. The van der Waals surface area contributed by atoms with Gasteiger partial charge in [0.15, 0.2) is 0 Å². The molecule has 1 aliphatic rings. The summed E-state index contributed by atoms with van der Waals surface area (Å²) in [6.07, 6.45) is 2.91. The molecule has 1 heterocycles. The van der Waals surface area contributed by atoms with E-state index in [-0.39, 0.29) is 45.2 Å². The number of rotatable bonds is 2. The van der Waals surface area contributed by atoms with Gasteiger partial charge in [0.2, 0.25) is 0 Å². The molecule has 2 nitrogen and oxygen atoms in total. The Balaban J connectivity index is 0. The van der Waals surface area contributed by atoms with Crippen molar-refractivity contribution in [3.63, 3.8) is 0 Å². The van der Waals surface area contributed by atoms with Crippen LogP contribution in [0.4, 0.5) is 0 Å². The summed E-state index contributed by atoms with van der Waals surface area (Å²) < 4.78 is 11.4. The zero-order valence-corrected chi connectivity index (χ0v) is 13.9. The molecule has 0 aromatic heterocycles. The first-order valence-electron chi connectivity index (χ1n) is 4.82. The number of hydrogen-bond donors (Lipinski definition) is 0. The van der Waals surface area contributed by atoms with E-state index in [0.29, 0.717) is 0 Å². The topological polar surface area (TPSA) is 18.5 Å². The summed E-state index contributed by atoms with van der Waals surface area (Å²) in [4.78, 5) is 0. The molecule has 0 spiro atoms. The van der Waals surface area contributed by atoms with Crippen LogP contribution in [0.5, 0.6) is 0 Å². The van der Waals surface area contributed by atoms with Gasteiger partial charge in [0.25, 0.3) is 7.12 Å². The minimum Gasteiger partial charge on any atom is -0.466 e. The second kappa shape index (κ2) is 6.17. The minimum atomic E-state index is -0.301. The van der Waals surface area contributed by atoms with E-state index in [1.165, 1.54) is 0 Å². The molecule has 0 unspecified atom stereocenters. The van der Waals surface area contributed by atoms with E-state index in [1.807, 2.05) is 33.8 Å². The molecule has 0 N–H and O–H groups in total. The van der Waals surface area contributed by atoms with Crippen molar-refractivity contribution < 1.29 is 28.8 Å². The van der Waals surface area contributed by atoms with Gasteiger partial charge in [-0.3, -0.25) is 6.08 Å². The van der Waals surface area contributed by atoms with Gasteiger partial charge < -0.3 is 22.7 Å². The summed E-state index contributed by atoms with van der Waals surface area (Å²) in [5.74, 6) is 3.07. The second-order valence-corrected chi connectivity index (χ2v) is 4.37. The molecule has 15 heavy (non-hydrogen) atoms. The molecule has 0 amide bonds. The largest absolute Gasteiger partial charge is 2.00 e.